The van der Waals surface area contributed by atoms with E-state index in [4.69, 9.17) is 14.9 Å². The van der Waals surface area contributed by atoms with Crippen LogP contribution < -0.4 is 0 Å². The smallest absolute Gasteiger partial charge is 0.349 e. The van der Waals surface area contributed by atoms with Crippen LogP contribution >= 0.6 is 19.4 Å². The molecule has 0 bridgehead atoms. The van der Waals surface area contributed by atoms with E-state index in [0.29, 0.717) is 5.75 Å². The van der Waals surface area contributed by atoms with Crippen molar-refractivity contribution in [2.24, 2.45) is 0 Å². The van der Waals surface area contributed by atoms with Crippen molar-refractivity contribution in [2.75, 3.05) is 5.75 Å². The van der Waals surface area contributed by atoms with E-state index in [-0.39, 0.29) is 0 Å². The molecule has 1 atom stereocenters. The van der Waals surface area contributed by atoms with Crippen molar-refractivity contribution in [1.29, 1.82) is 0 Å². The lowest BCUT2D eigenvalue weighted by molar-refractivity contribution is -0.135. The Balaban J connectivity index is 4.13. The van der Waals surface area contributed by atoms with Gasteiger partial charge in [-0.2, -0.15) is 0 Å². The van der Waals surface area contributed by atoms with Gasteiger partial charge in [0.25, 0.3) is 0 Å². The maximum atomic E-state index is 10.7. The average Bonchev–Trinajstić information content (AvgIpc) is 1.94. The fourth-order valence-corrected chi connectivity index (χ4v) is 2.85. The molecule has 0 aromatic rings. The predicted molar refractivity (Wildman–Crippen MR) is 50.8 cm³/mol. The predicted octanol–water partition coefficient (Wildman–Crippen LogP) is 1.11. The normalized spacial score (nSPS) is 14.1. The van der Waals surface area contributed by atoms with Crippen molar-refractivity contribution in [1.82, 2.24) is 0 Å². The molecule has 0 aromatic carbocycles. The Bertz CT molecular complexity index is 213. The summed E-state index contributed by atoms with van der Waals surface area (Å²) in [6.07, 6.45) is 1.63. The molecule has 0 aliphatic carbocycles. The van der Waals surface area contributed by atoms with Gasteiger partial charge >= 0.3 is 13.6 Å². The molecule has 5 nitrogen and oxygen atoms in total. The molecule has 0 radical (unpaired) electrons. The average molecular weight is 228 g/mol. The van der Waals surface area contributed by atoms with Crippen molar-refractivity contribution in [3.63, 3.8) is 0 Å². The van der Waals surface area contributed by atoms with Crippen LogP contribution in [0.5, 0.6) is 0 Å². The number of carboxylic acid groups (broad SMARTS) is 1. The monoisotopic (exact) mass is 228 g/mol. The van der Waals surface area contributed by atoms with Crippen LogP contribution in [-0.4, -0.2) is 31.6 Å². The number of unbranched alkanes of at least 4 members (excludes halogenated alkanes) is 1. The molecule has 0 saturated heterocycles. The van der Waals surface area contributed by atoms with Crippen molar-refractivity contribution >= 4 is 25.3 Å². The number of thioether (sulfide) groups is 1. The summed E-state index contributed by atoms with van der Waals surface area (Å²) in [5.41, 5.74) is 0. The van der Waals surface area contributed by atoms with Crippen LogP contribution in [0.25, 0.3) is 0 Å². The van der Waals surface area contributed by atoms with Crippen molar-refractivity contribution in [2.45, 2.75) is 24.8 Å². The summed E-state index contributed by atoms with van der Waals surface area (Å²) >= 11 is 0.799. The van der Waals surface area contributed by atoms with Crippen LogP contribution in [0.3, 0.4) is 0 Å². The van der Waals surface area contributed by atoms with Crippen molar-refractivity contribution < 1.29 is 24.3 Å². The second-order valence-corrected chi connectivity index (χ2v) is 5.76. The zero-order valence-corrected chi connectivity index (χ0v) is 8.92. The summed E-state index contributed by atoms with van der Waals surface area (Å²) < 4.78 is 10.7. The molecule has 0 spiro atoms. The van der Waals surface area contributed by atoms with Gasteiger partial charge in [0.1, 0.15) is 0 Å². The Kier molecular flexibility index (Phi) is 5.64. The Labute approximate surface area is 80.7 Å². The molecule has 13 heavy (non-hydrogen) atoms. The Morgan fingerprint density at radius 2 is 2.08 bits per heavy atom. The number of hydrogen-bond acceptors (Lipinski definition) is 3. The quantitative estimate of drug-likeness (QED) is 0.465. The third-order valence-corrected chi connectivity index (χ3v) is 4.44. The first-order valence-corrected chi connectivity index (χ1v) is 6.52. The van der Waals surface area contributed by atoms with Crippen LogP contribution in [0.15, 0.2) is 0 Å². The second-order valence-electron chi connectivity index (χ2n) is 2.50. The number of carbonyl (C=O) groups is 1. The van der Waals surface area contributed by atoms with Gasteiger partial charge in [-0.15, -0.1) is 11.8 Å². The zero-order valence-electron chi connectivity index (χ0n) is 7.21. The number of rotatable bonds is 6. The highest BCUT2D eigenvalue weighted by atomic mass is 32.2. The van der Waals surface area contributed by atoms with Crippen LogP contribution in [0.1, 0.15) is 19.8 Å². The second kappa shape index (κ2) is 5.65. The minimum absolute atomic E-state index is 0.457. The summed E-state index contributed by atoms with van der Waals surface area (Å²) in [5.74, 6) is -0.993. The summed E-state index contributed by atoms with van der Waals surface area (Å²) in [5, 5.41) is 8.50. The van der Waals surface area contributed by atoms with Gasteiger partial charge in [-0.1, -0.05) is 13.3 Å². The lowest BCUT2D eigenvalue weighted by Crippen LogP contribution is -2.17. The molecule has 0 rings (SSSR count). The van der Waals surface area contributed by atoms with E-state index < -0.39 is 18.6 Å². The molecule has 7 heteroatoms. The Hall–Kier alpha value is -0.0300. The van der Waals surface area contributed by atoms with Gasteiger partial charge in [-0.3, -0.25) is 9.36 Å². The van der Waals surface area contributed by atoms with Gasteiger partial charge in [0.05, 0.1) is 0 Å². The largest absolute Gasteiger partial charge is 0.480 e. The number of hydrogen-bond donors (Lipinski definition) is 3. The van der Waals surface area contributed by atoms with Crippen LogP contribution in [0.2, 0.25) is 0 Å². The van der Waals surface area contributed by atoms with E-state index in [9.17, 15) is 9.36 Å². The van der Waals surface area contributed by atoms with Gasteiger partial charge < -0.3 is 14.9 Å². The molecule has 0 heterocycles. The highest BCUT2D eigenvalue weighted by Gasteiger charge is 2.35. The fraction of sp³-hybridized carbons (Fsp3) is 0.833. The molecule has 0 saturated carbocycles. The van der Waals surface area contributed by atoms with Crippen LogP contribution in [-0.2, 0) is 9.36 Å². The molecule has 3 N–H and O–H groups in total. The van der Waals surface area contributed by atoms with E-state index in [1.54, 1.807) is 0 Å². The molecule has 1 unspecified atom stereocenters. The molecular formula is C6H13O5PS. The highest BCUT2D eigenvalue weighted by molar-refractivity contribution is 8.06. The molecule has 0 aliphatic heterocycles. The van der Waals surface area contributed by atoms with Crippen molar-refractivity contribution in [3.05, 3.63) is 0 Å². The minimum atomic E-state index is -4.51. The maximum absolute atomic E-state index is 10.7. The summed E-state index contributed by atoms with van der Waals surface area (Å²) in [6.45, 7) is 1.92. The summed E-state index contributed by atoms with van der Waals surface area (Å²) in [6, 6.07) is 0. The van der Waals surface area contributed by atoms with Crippen LogP contribution in [0.4, 0.5) is 0 Å². The fourth-order valence-electron chi connectivity index (χ4n) is 0.652. The van der Waals surface area contributed by atoms with Gasteiger partial charge in [-0.25, -0.2) is 0 Å². The zero-order chi connectivity index (χ0) is 10.5. The first-order valence-electron chi connectivity index (χ1n) is 3.79. The molecule has 0 aromatic heterocycles. The van der Waals surface area contributed by atoms with Gasteiger partial charge in [0, 0.05) is 0 Å². The highest BCUT2D eigenvalue weighted by Crippen LogP contribution is 2.47. The molecule has 0 aliphatic rings. The topological polar surface area (TPSA) is 94.8 Å². The lowest BCUT2D eigenvalue weighted by Gasteiger charge is -2.12. The van der Waals surface area contributed by atoms with Gasteiger partial charge in [-0.05, 0) is 12.2 Å². The maximum Gasteiger partial charge on any atom is 0.349 e. The third kappa shape index (κ3) is 5.31. The third-order valence-electron chi connectivity index (χ3n) is 1.29. The van der Waals surface area contributed by atoms with E-state index in [1.807, 2.05) is 6.92 Å². The lowest BCUT2D eigenvalue weighted by atomic mass is 10.4. The number of aliphatic carboxylic acids is 1. The van der Waals surface area contributed by atoms with Crippen LogP contribution in [0, 0.1) is 0 Å². The first-order chi connectivity index (χ1) is 5.89. The summed E-state index contributed by atoms with van der Waals surface area (Å²) in [7, 11) is -4.51. The standard InChI is InChI=1S/C6H13O5PS/c1-2-3-4-13-6(5(7)8)12(9,10)11/h6H,2-4H2,1H3,(H,7,8)(H2,9,10,11). The Morgan fingerprint density at radius 3 is 2.38 bits per heavy atom. The molecule has 0 fully saturated rings. The van der Waals surface area contributed by atoms with Gasteiger partial charge in [0.2, 0.25) is 4.99 Å². The minimum Gasteiger partial charge on any atom is -0.480 e. The SMILES string of the molecule is CCCCSC(C(=O)O)P(=O)(O)O. The van der Waals surface area contributed by atoms with E-state index in [0.717, 1.165) is 24.6 Å². The van der Waals surface area contributed by atoms with E-state index >= 15 is 0 Å². The van der Waals surface area contributed by atoms with E-state index in [1.165, 1.54) is 0 Å². The number of carboxylic acids is 1. The van der Waals surface area contributed by atoms with Crippen molar-refractivity contribution in [3.8, 4) is 0 Å². The van der Waals surface area contributed by atoms with Gasteiger partial charge in [0.15, 0.2) is 0 Å². The molecule has 78 valence electrons. The van der Waals surface area contributed by atoms with E-state index in [2.05, 4.69) is 0 Å². The molecule has 0 amide bonds. The first kappa shape index (κ1) is 13.0. The molecular weight excluding hydrogens is 215 g/mol. The Morgan fingerprint density at radius 1 is 1.54 bits per heavy atom. The summed E-state index contributed by atoms with van der Waals surface area (Å²) in [4.78, 5) is 26.1.